The van der Waals surface area contributed by atoms with Crippen LogP contribution < -0.4 is 5.82 Å². The van der Waals surface area contributed by atoms with E-state index in [9.17, 15) is 9.18 Å². The van der Waals surface area contributed by atoms with Gasteiger partial charge in [-0.1, -0.05) is 0 Å². The van der Waals surface area contributed by atoms with Gasteiger partial charge in [0, 0.05) is 0 Å². The fourth-order valence-corrected chi connectivity index (χ4v) is 0.222. The van der Waals surface area contributed by atoms with Gasteiger partial charge >= 0.3 is 30.7 Å². The molecule has 0 aliphatic heterocycles. The third kappa shape index (κ3) is 1.56. The van der Waals surface area contributed by atoms with Crippen molar-refractivity contribution in [2.75, 3.05) is 0 Å². The maximum atomic E-state index is 11.5. The van der Waals surface area contributed by atoms with Crippen LogP contribution in [0.2, 0.25) is 0 Å². The van der Waals surface area contributed by atoms with Crippen molar-refractivity contribution in [2.45, 2.75) is 0 Å². The third-order valence-corrected chi connectivity index (χ3v) is 0.429. The first-order valence-electron chi connectivity index (χ1n) is 1.53. The number of hydrogen-bond acceptors (Lipinski definition) is 3. The molecule has 0 saturated heterocycles. The zero-order chi connectivity index (χ0) is 5.28. The molecule has 1 rings (SSSR count). The predicted octanol–water partition coefficient (Wildman–Crippen LogP) is -0.277. The van der Waals surface area contributed by atoms with Crippen LogP contribution in [0.15, 0.2) is 19.9 Å². The Labute approximate surface area is 55.7 Å². The SMILES string of the molecule is O=c1occ(F)o1.[LiH]. The molecule has 5 heteroatoms. The summed E-state index contributed by atoms with van der Waals surface area (Å²) >= 11 is 0. The van der Waals surface area contributed by atoms with Crippen molar-refractivity contribution >= 4 is 18.9 Å². The topological polar surface area (TPSA) is 43.4 Å². The summed E-state index contributed by atoms with van der Waals surface area (Å²) in [6.07, 6.45) is 0.600. The Balaban J connectivity index is 0.000000490. The molecule has 1 aromatic heterocycles. The van der Waals surface area contributed by atoms with Crippen LogP contribution in [0.4, 0.5) is 4.39 Å². The average molecular weight is 112 g/mol. The van der Waals surface area contributed by atoms with E-state index in [1.54, 1.807) is 0 Å². The van der Waals surface area contributed by atoms with Gasteiger partial charge in [0.2, 0.25) is 0 Å². The zero-order valence-corrected chi connectivity index (χ0v) is 3.18. The van der Waals surface area contributed by atoms with Crippen molar-refractivity contribution in [3.63, 3.8) is 0 Å². The molecule has 0 saturated carbocycles. The zero-order valence-electron chi connectivity index (χ0n) is 3.18. The van der Waals surface area contributed by atoms with Crippen LogP contribution in [0.25, 0.3) is 0 Å². The number of hydrogen-bond donors (Lipinski definition) is 0. The summed E-state index contributed by atoms with van der Waals surface area (Å²) in [6.45, 7) is 0. The Bertz CT molecular complexity index is 202. The summed E-state index contributed by atoms with van der Waals surface area (Å²) in [7, 11) is 0. The van der Waals surface area contributed by atoms with Gasteiger partial charge in [-0.15, -0.1) is 0 Å². The van der Waals surface area contributed by atoms with E-state index >= 15 is 0 Å². The summed E-state index contributed by atoms with van der Waals surface area (Å²) in [4.78, 5) is 9.72. The van der Waals surface area contributed by atoms with E-state index in [1.807, 2.05) is 0 Å². The quantitative estimate of drug-likeness (QED) is 0.433. The monoisotopic (exact) mass is 112 g/mol. The fourth-order valence-electron chi connectivity index (χ4n) is 0.222. The molecule has 0 fully saturated rings. The normalized spacial score (nSPS) is 8.12. The van der Waals surface area contributed by atoms with Crippen molar-refractivity contribution in [1.82, 2.24) is 0 Å². The molecule has 0 radical (unpaired) electrons. The molecule has 1 heterocycles. The molecule has 40 valence electrons. The Hall–Kier alpha value is -0.463. The molecular formula is C3H2FLiO3. The average Bonchev–Trinajstić information content (AvgIpc) is 1.87. The standard InChI is InChI=1S/C3HFO3.Li.H/c4-2-1-6-3(5)7-2;;/h1H;;. The first kappa shape index (κ1) is 7.54. The Morgan fingerprint density at radius 2 is 2.25 bits per heavy atom. The van der Waals surface area contributed by atoms with Gasteiger partial charge in [-0.3, -0.25) is 0 Å². The Morgan fingerprint density at radius 1 is 1.62 bits per heavy atom. The molecule has 8 heavy (non-hydrogen) atoms. The summed E-state index contributed by atoms with van der Waals surface area (Å²) in [5.74, 6) is -1.02. The Kier molecular flexibility index (Phi) is 2.59. The van der Waals surface area contributed by atoms with E-state index in [4.69, 9.17) is 0 Å². The second kappa shape index (κ2) is 2.75. The second-order valence-corrected chi connectivity index (χ2v) is 0.892. The van der Waals surface area contributed by atoms with Gasteiger partial charge in [0.15, 0.2) is 6.26 Å². The van der Waals surface area contributed by atoms with E-state index in [0.29, 0.717) is 6.26 Å². The van der Waals surface area contributed by atoms with Crippen molar-refractivity contribution in [3.05, 3.63) is 22.9 Å². The van der Waals surface area contributed by atoms with Crippen molar-refractivity contribution in [2.24, 2.45) is 0 Å². The number of halogens is 1. The van der Waals surface area contributed by atoms with E-state index in [2.05, 4.69) is 8.83 Å². The van der Waals surface area contributed by atoms with Crippen LogP contribution >= 0.6 is 0 Å². The molecular weight excluding hydrogens is 110 g/mol. The van der Waals surface area contributed by atoms with E-state index < -0.39 is 11.8 Å². The maximum absolute atomic E-state index is 11.5. The van der Waals surface area contributed by atoms with Crippen LogP contribution in [0.5, 0.6) is 0 Å². The van der Waals surface area contributed by atoms with Gasteiger partial charge < -0.3 is 8.83 Å². The first-order chi connectivity index (χ1) is 3.29. The molecule has 0 aliphatic rings. The summed E-state index contributed by atoms with van der Waals surface area (Å²) in [5.41, 5.74) is 0. The molecule has 0 atom stereocenters. The molecule has 0 N–H and O–H groups in total. The van der Waals surface area contributed by atoms with Crippen molar-refractivity contribution in [3.8, 4) is 0 Å². The van der Waals surface area contributed by atoms with E-state index in [-0.39, 0.29) is 18.9 Å². The van der Waals surface area contributed by atoms with Crippen LogP contribution in [0.1, 0.15) is 0 Å². The van der Waals surface area contributed by atoms with Gasteiger partial charge in [0.25, 0.3) is 0 Å². The van der Waals surface area contributed by atoms with Crippen LogP contribution in [0, 0.1) is 6.01 Å². The minimum absolute atomic E-state index is 0. The van der Waals surface area contributed by atoms with Crippen molar-refractivity contribution < 1.29 is 13.2 Å². The van der Waals surface area contributed by atoms with Gasteiger partial charge in [0.1, 0.15) is 0 Å². The molecule has 0 bridgehead atoms. The number of rotatable bonds is 0. The van der Waals surface area contributed by atoms with Gasteiger partial charge in [-0.05, 0) is 0 Å². The van der Waals surface area contributed by atoms with Crippen LogP contribution in [-0.4, -0.2) is 18.9 Å². The predicted molar refractivity (Wildman–Crippen MR) is 24.4 cm³/mol. The van der Waals surface area contributed by atoms with Gasteiger partial charge in [-0.25, -0.2) is 4.79 Å². The summed E-state index contributed by atoms with van der Waals surface area (Å²) < 4.78 is 19.0. The fraction of sp³-hybridized carbons (Fsp3) is 0. The molecule has 0 unspecified atom stereocenters. The van der Waals surface area contributed by atoms with E-state index in [0.717, 1.165) is 0 Å². The molecule has 1 aromatic rings. The first-order valence-corrected chi connectivity index (χ1v) is 1.53. The van der Waals surface area contributed by atoms with Crippen LogP contribution in [0.3, 0.4) is 0 Å². The summed E-state index contributed by atoms with van der Waals surface area (Å²) in [5, 5.41) is 0. The molecule has 0 aromatic carbocycles. The molecule has 0 aliphatic carbocycles. The Morgan fingerprint density at radius 3 is 2.38 bits per heavy atom. The van der Waals surface area contributed by atoms with Crippen LogP contribution in [-0.2, 0) is 0 Å². The molecule has 3 nitrogen and oxygen atoms in total. The second-order valence-electron chi connectivity index (χ2n) is 0.892. The van der Waals surface area contributed by atoms with Crippen molar-refractivity contribution in [1.29, 1.82) is 0 Å². The van der Waals surface area contributed by atoms with Gasteiger partial charge in [0.05, 0.1) is 0 Å². The molecule has 0 amide bonds. The van der Waals surface area contributed by atoms with Gasteiger partial charge in [-0.2, -0.15) is 4.39 Å². The van der Waals surface area contributed by atoms with E-state index in [1.165, 1.54) is 0 Å². The summed E-state index contributed by atoms with van der Waals surface area (Å²) in [6, 6.07) is -0.995. The molecule has 0 spiro atoms. The minimum atomic E-state index is -1.02. The third-order valence-electron chi connectivity index (χ3n) is 0.429.